The van der Waals surface area contributed by atoms with E-state index in [1.165, 1.54) is 17.7 Å². The van der Waals surface area contributed by atoms with Crippen LogP contribution in [0, 0.1) is 13.8 Å². The molecule has 2 aliphatic carbocycles. The molecule has 0 spiro atoms. The molecule has 2 aromatic carbocycles. The number of ether oxygens (including phenoxy) is 1. The Morgan fingerprint density at radius 2 is 1.79 bits per heavy atom. The molecule has 12 heteroatoms. The number of nitrogens with one attached hydrogen (secondary N) is 1. The zero-order valence-corrected chi connectivity index (χ0v) is 27.5. The molecule has 4 bridgehead atoms. The van der Waals surface area contributed by atoms with Gasteiger partial charge in [0.2, 0.25) is 17.5 Å². The van der Waals surface area contributed by atoms with Gasteiger partial charge in [-0.05, 0) is 75.3 Å². The van der Waals surface area contributed by atoms with Crippen molar-refractivity contribution in [2.24, 2.45) is 0 Å². The number of hydrogen-bond acceptors (Lipinski definition) is 9. The summed E-state index contributed by atoms with van der Waals surface area (Å²) < 4.78 is 42.2. The Kier molecular flexibility index (Phi) is 7.47. The van der Waals surface area contributed by atoms with E-state index in [0.29, 0.717) is 28.5 Å². The Balaban J connectivity index is 1.24. The van der Waals surface area contributed by atoms with Crippen LogP contribution in [0.2, 0.25) is 0 Å². The summed E-state index contributed by atoms with van der Waals surface area (Å²) in [4.78, 5) is 34.4. The summed E-state index contributed by atoms with van der Waals surface area (Å²) in [5, 5.41) is 0. The summed E-state index contributed by atoms with van der Waals surface area (Å²) in [5.74, 6) is 0.996. The van der Waals surface area contributed by atoms with Gasteiger partial charge in [-0.2, -0.15) is 4.98 Å². The van der Waals surface area contributed by atoms with Gasteiger partial charge in [0.05, 0.1) is 35.1 Å². The van der Waals surface area contributed by atoms with Gasteiger partial charge in [-0.15, -0.1) is 0 Å². The van der Waals surface area contributed by atoms with Gasteiger partial charge in [-0.25, -0.2) is 28.1 Å². The fourth-order valence-electron chi connectivity index (χ4n) is 6.29. The summed E-state index contributed by atoms with van der Waals surface area (Å²) in [5.41, 5.74) is 6.47. The molecule has 4 heterocycles. The molecule has 1 amide bonds. The molecular formula is C36H34N6O5S. The maximum absolute atomic E-state index is 14.4. The van der Waals surface area contributed by atoms with E-state index < -0.39 is 16.1 Å². The quantitative estimate of drug-likeness (QED) is 0.209. The highest BCUT2D eigenvalue weighted by molar-refractivity contribution is 7.92. The average Bonchev–Trinajstić information content (AvgIpc) is 3.81. The van der Waals surface area contributed by atoms with Crippen LogP contribution in [0.25, 0.3) is 22.5 Å². The molecule has 0 unspecified atom stereocenters. The van der Waals surface area contributed by atoms with Crippen LogP contribution in [0.3, 0.4) is 0 Å². The predicted octanol–water partition coefficient (Wildman–Crippen LogP) is 6.49. The number of amides is 1. The number of furan rings is 1. The third kappa shape index (κ3) is 5.92. The molecule has 244 valence electrons. The van der Waals surface area contributed by atoms with Crippen LogP contribution in [0.5, 0.6) is 5.88 Å². The molecule has 1 atom stereocenters. The fraction of sp³-hybridized carbons (Fsp3) is 0.306. The van der Waals surface area contributed by atoms with E-state index in [1.807, 2.05) is 38.1 Å². The summed E-state index contributed by atoms with van der Waals surface area (Å²) in [6.45, 7) is 4.13. The molecule has 3 aromatic heterocycles. The SMILES string of the molecule is Cc1cccc(C)c1-c1cc2nc(n1)NS(=O)(=O)c1cccc(c1)C(=O)N(Cc1cnc3oc(C4CC4)cc3n1)[C@H](C=C1CCC1)CO2. The normalized spacial score (nSPS) is 19.0. The van der Waals surface area contributed by atoms with Gasteiger partial charge >= 0.3 is 0 Å². The zero-order chi connectivity index (χ0) is 33.0. The van der Waals surface area contributed by atoms with Gasteiger partial charge in [0, 0.05) is 29.2 Å². The number of sulfonamides is 1. The monoisotopic (exact) mass is 662 g/mol. The van der Waals surface area contributed by atoms with Gasteiger partial charge in [0.1, 0.15) is 17.9 Å². The summed E-state index contributed by atoms with van der Waals surface area (Å²) in [6, 6.07) is 15.0. The van der Waals surface area contributed by atoms with Crippen molar-refractivity contribution >= 4 is 33.1 Å². The van der Waals surface area contributed by atoms with Crippen molar-refractivity contribution in [2.75, 3.05) is 11.3 Å². The average molecular weight is 663 g/mol. The number of carbonyl (C=O) groups is 1. The number of hydrogen-bond donors (Lipinski definition) is 1. The van der Waals surface area contributed by atoms with Crippen LogP contribution < -0.4 is 9.46 Å². The third-order valence-electron chi connectivity index (χ3n) is 9.16. The summed E-state index contributed by atoms with van der Waals surface area (Å²) >= 11 is 0. The third-order valence-corrected chi connectivity index (χ3v) is 10.5. The van der Waals surface area contributed by atoms with Gasteiger partial charge in [0.25, 0.3) is 15.9 Å². The molecular weight excluding hydrogens is 629 g/mol. The number of fused-ring (bicyclic) bond motifs is 5. The number of aryl methyl sites for hydroxylation is 2. The van der Waals surface area contributed by atoms with Crippen molar-refractivity contribution in [1.29, 1.82) is 0 Å². The standard InChI is InChI=1S/C36H34N6O5S/c1-21-6-3-7-22(2)33(21)29-17-32-40-36(39-29)41-48(44,45)28-11-5-10-25(15-28)35(43)42(27(20-46-32)14-23-8-4-9-23)19-26-18-37-34-30(38-26)16-31(47-34)24-12-13-24/h3,5-7,10-11,14-18,24,27H,4,8-9,12-13,19-20H2,1-2H3,(H,39,40,41)/t27-/m1/s1. The lowest BCUT2D eigenvalue weighted by Crippen LogP contribution is -2.43. The van der Waals surface area contributed by atoms with E-state index in [9.17, 15) is 13.2 Å². The van der Waals surface area contributed by atoms with Crippen molar-refractivity contribution in [3.8, 4) is 17.1 Å². The topological polar surface area (TPSA) is 140 Å². The Morgan fingerprint density at radius 1 is 1.00 bits per heavy atom. The highest BCUT2D eigenvalue weighted by Crippen LogP contribution is 2.41. The van der Waals surface area contributed by atoms with Gasteiger partial charge in [0.15, 0.2) is 0 Å². The minimum absolute atomic E-state index is 0.0670. The fourth-order valence-corrected chi connectivity index (χ4v) is 7.28. The highest BCUT2D eigenvalue weighted by Gasteiger charge is 2.31. The van der Waals surface area contributed by atoms with Gasteiger partial charge in [-0.3, -0.25) is 4.79 Å². The molecule has 11 nitrogen and oxygen atoms in total. The first kappa shape index (κ1) is 30.2. The number of rotatable bonds is 5. The van der Waals surface area contributed by atoms with Crippen LogP contribution >= 0.6 is 0 Å². The first-order valence-corrected chi connectivity index (χ1v) is 17.7. The van der Waals surface area contributed by atoms with E-state index >= 15 is 0 Å². The molecule has 1 N–H and O–H groups in total. The second-order valence-corrected chi connectivity index (χ2v) is 14.5. The second-order valence-electron chi connectivity index (χ2n) is 12.8. The lowest BCUT2D eigenvalue weighted by molar-refractivity contribution is 0.0641. The lowest BCUT2D eigenvalue weighted by atomic mass is 9.90. The maximum Gasteiger partial charge on any atom is 0.264 e. The molecule has 5 aromatic rings. The summed E-state index contributed by atoms with van der Waals surface area (Å²) in [6.07, 6.45) is 8.86. The Labute approximate surface area is 278 Å². The molecule has 0 saturated heterocycles. The lowest BCUT2D eigenvalue weighted by Gasteiger charge is -2.31. The minimum Gasteiger partial charge on any atom is -0.475 e. The molecule has 8 rings (SSSR count). The van der Waals surface area contributed by atoms with Crippen LogP contribution in [-0.2, 0) is 16.6 Å². The molecule has 2 saturated carbocycles. The minimum atomic E-state index is -4.18. The van der Waals surface area contributed by atoms with E-state index in [0.717, 1.165) is 54.6 Å². The Hall–Kier alpha value is -5.10. The highest BCUT2D eigenvalue weighted by atomic mass is 32.2. The van der Waals surface area contributed by atoms with E-state index in [1.54, 1.807) is 29.3 Å². The largest absolute Gasteiger partial charge is 0.475 e. The first-order valence-electron chi connectivity index (χ1n) is 16.2. The van der Waals surface area contributed by atoms with E-state index in [-0.39, 0.29) is 41.3 Å². The Bertz CT molecular complexity index is 2200. The molecule has 2 fully saturated rings. The second kappa shape index (κ2) is 11.9. The van der Waals surface area contributed by atoms with E-state index in [4.69, 9.17) is 14.1 Å². The van der Waals surface area contributed by atoms with Crippen LogP contribution in [0.4, 0.5) is 5.95 Å². The number of carbonyl (C=O) groups excluding carboxylic acids is 1. The van der Waals surface area contributed by atoms with Crippen molar-refractivity contribution in [1.82, 2.24) is 24.8 Å². The number of allylic oxidation sites excluding steroid dienone is 1. The van der Waals surface area contributed by atoms with Crippen molar-refractivity contribution in [2.45, 2.75) is 69.4 Å². The Morgan fingerprint density at radius 3 is 2.54 bits per heavy atom. The predicted molar refractivity (Wildman–Crippen MR) is 179 cm³/mol. The first-order chi connectivity index (χ1) is 23.2. The summed E-state index contributed by atoms with van der Waals surface area (Å²) in [7, 11) is -4.18. The van der Waals surface area contributed by atoms with Crippen molar-refractivity contribution in [3.05, 3.63) is 101 Å². The van der Waals surface area contributed by atoms with Crippen molar-refractivity contribution < 1.29 is 22.4 Å². The molecule has 48 heavy (non-hydrogen) atoms. The number of aromatic nitrogens is 4. The van der Waals surface area contributed by atoms with Gasteiger partial charge in [-0.1, -0.05) is 35.9 Å². The van der Waals surface area contributed by atoms with Crippen LogP contribution in [-0.4, -0.2) is 51.8 Å². The smallest absolute Gasteiger partial charge is 0.264 e. The number of benzene rings is 2. The molecule has 1 aliphatic heterocycles. The van der Waals surface area contributed by atoms with E-state index in [2.05, 4.69) is 25.8 Å². The van der Waals surface area contributed by atoms with Gasteiger partial charge < -0.3 is 14.1 Å². The molecule has 0 radical (unpaired) electrons. The number of anilines is 1. The van der Waals surface area contributed by atoms with Crippen LogP contribution in [0.1, 0.15) is 71.0 Å². The van der Waals surface area contributed by atoms with Crippen molar-refractivity contribution in [3.63, 3.8) is 0 Å². The number of nitrogens with zero attached hydrogens (tertiary/aromatic N) is 5. The molecule has 3 aliphatic rings. The maximum atomic E-state index is 14.4. The van der Waals surface area contributed by atoms with Crippen LogP contribution in [0.15, 0.2) is 81.8 Å². The zero-order valence-electron chi connectivity index (χ0n) is 26.6.